The Balaban J connectivity index is 1.72. The molecule has 6 N–H and O–H groups in total. The molecule has 0 bridgehead atoms. The van der Waals surface area contributed by atoms with Gasteiger partial charge in [0.15, 0.2) is 5.92 Å². The molecule has 0 aliphatic rings. The van der Waals surface area contributed by atoms with E-state index in [0.29, 0.717) is 22.6 Å². The predicted molar refractivity (Wildman–Crippen MR) is 115 cm³/mol. The summed E-state index contributed by atoms with van der Waals surface area (Å²) in [5, 5.41) is 0. The molecule has 0 saturated carbocycles. The van der Waals surface area contributed by atoms with Crippen molar-refractivity contribution in [2.45, 2.75) is 19.1 Å². The van der Waals surface area contributed by atoms with Crippen LogP contribution in [-0.4, -0.2) is 11.9 Å². The predicted octanol–water partition coefficient (Wildman–Crippen LogP) is 3.00. The van der Waals surface area contributed by atoms with Crippen LogP contribution in [0.1, 0.15) is 22.6 Å². The summed E-state index contributed by atoms with van der Waals surface area (Å²) in [5.41, 5.74) is 20.7. The molecule has 3 aromatic carbocycles. The number of rotatable bonds is 7. The summed E-state index contributed by atoms with van der Waals surface area (Å²) in [6.07, 6.45) is 0. The summed E-state index contributed by atoms with van der Waals surface area (Å²) in [7, 11) is 0. The Bertz CT molecular complexity index is 939. The molecule has 154 valence electrons. The van der Waals surface area contributed by atoms with Crippen LogP contribution in [0, 0.1) is 0 Å². The minimum Gasteiger partial charge on any atom is -0.460 e. The van der Waals surface area contributed by atoms with E-state index in [1.54, 1.807) is 72.8 Å². The van der Waals surface area contributed by atoms with Crippen molar-refractivity contribution in [1.82, 2.24) is 0 Å². The monoisotopic (exact) mass is 405 g/mol. The Morgan fingerprint density at radius 3 is 1.30 bits per heavy atom. The molecule has 7 nitrogen and oxygen atoms in total. The van der Waals surface area contributed by atoms with Crippen LogP contribution in [0.15, 0.2) is 72.8 Å². The third-order valence-electron chi connectivity index (χ3n) is 4.46. The largest absolute Gasteiger partial charge is 0.460 e. The maximum absolute atomic E-state index is 12.8. The lowest BCUT2D eigenvalue weighted by atomic mass is 9.99. The van der Waals surface area contributed by atoms with E-state index < -0.39 is 17.9 Å². The van der Waals surface area contributed by atoms with Crippen LogP contribution in [0.3, 0.4) is 0 Å². The lowest BCUT2D eigenvalue weighted by Crippen LogP contribution is -2.26. The molecular formula is C23H23N3O4. The lowest BCUT2D eigenvalue weighted by Gasteiger charge is -2.16. The number of benzene rings is 3. The normalized spacial score (nSPS) is 10.6. The molecule has 0 aliphatic carbocycles. The first kappa shape index (κ1) is 20.7. The Morgan fingerprint density at radius 1 is 0.600 bits per heavy atom. The molecule has 0 spiro atoms. The Kier molecular flexibility index (Phi) is 6.54. The van der Waals surface area contributed by atoms with E-state index in [-0.39, 0.29) is 13.2 Å². The molecule has 0 unspecified atom stereocenters. The lowest BCUT2D eigenvalue weighted by molar-refractivity contribution is -0.159. The number of carbonyl (C=O) groups excluding carboxylic acids is 2. The van der Waals surface area contributed by atoms with Crippen LogP contribution in [0.2, 0.25) is 0 Å². The number of hydrogen-bond donors (Lipinski definition) is 3. The maximum Gasteiger partial charge on any atom is 0.325 e. The van der Waals surface area contributed by atoms with Crippen LogP contribution in [0.5, 0.6) is 0 Å². The second-order valence-corrected chi connectivity index (χ2v) is 6.80. The van der Waals surface area contributed by atoms with Crippen LogP contribution in [-0.2, 0) is 32.3 Å². The van der Waals surface area contributed by atoms with Crippen molar-refractivity contribution in [1.29, 1.82) is 0 Å². The van der Waals surface area contributed by atoms with E-state index in [2.05, 4.69) is 0 Å². The summed E-state index contributed by atoms with van der Waals surface area (Å²) in [6.45, 7) is 0.0195. The van der Waals surface area contributed by atoms with Crippen LogP contribution >= 0.6 is 0 Å². The van der Waals surface area contributed by atoms with Gasteiger partial charge < -0.3 is 26.7 Å². The Hall–Kier alpha value is -4.00. The number of carbonyl (C=O) groups is 2. The fourth-order valence-corrected chi connectivity index (χ4v) is 2.76. The number of ether oxygens (including phenoxy) is 2. The smallest absolute Gasteiger partial charge is 0.325 e. The third-order valence-corrected chi connectivity index (χ3v) is 4.46. The molecular weight excluding hydrogens is 382 g/mol. The van der Waals surface area contributed by atoms with Crippen molar-refractivity contribution in [3.05, 3.63) is 89.5 Å². The quantitative estimate of drug-likeness (QED) is 0.313. The van der Waals surface area contributed by atoms with Crippen molar-refractivity contribution in [2.75, 3.05) is 17.2 Å². The molecule has 0 heterocycles. The second kappa shape index (κ2) is 9.47. The zero-order valence-electron chi connectivity index (χ0n) is 16.3. The first-order chi connectivity index (χ1) is 14.4. The van der Waals surface area contributed by atoms with Gasteiger partial charge in [0.25, 0.3) is 0 Å². The van der Waals surface area contributed by atoms with Gasteiger partial charge in [-0.15, -0.1) is 0 Å². The van der Waals surface area contributed by atoms with Gasteiger partial charge in [-0.25, -0.2) is 0 Å². The average molecular weight is 405 g/mol. The molecule has 0 radical (unpaired) electrons. The Morgan fingerprint density at radius 2 is 0.933 bits per heavy atom. The van der Waals surface area contributed by atoms with E-state index in [9.17, 15) is 9.59 Å². The van der Waals surface area contributed by atoms with E-state index in [4.69, 9.17) is 26.7 Å². The SMILES string of the molecule is Nc1ccc(COC(=O)C(C(=O)OCc2ccc(N)cc2)c2ccc(N)cc2)cc1. The molecule has 0 atom stereocenters. The minimum atomic E-state index is -1.23. The maximum atomic E-state index is 12.8. The number of anilines is 3. The van der Waals surface area contributed by atoms with Crippen LogP contribution in [0.4, 0.5) is 17.1 Å². The molecule has 30 heavy (non-hydrogen) atoms. The van der Waals surface area contributed by atoms with Gasteiger partial charge >= 0.3 is 11.9 Å². The summed E-state index contributed by atoms with van der Waals surface area (Å²) in [6, 6.07) is 20.3. The number of esters is 2. The van der Waals surface area contributed by atoms with Crippen LogP contribution < -0.4 is 17.2 Å². The standard InChI is InChI=1S/C23H23N3O4/c24-18-7-1-15(2-8-18)13-29-22(27)21(17-5-11-20(26)12-6-17)23(28)30-14-16-3-9-19(25)10-4-16/h1-12,21H,13-14,24-26H2. The van der Waals surface area contributed by atoms with Gasteiger partial charge in [0.05, 0.1) is 0 Å². The highest BCUT2D eigenvalue weighted by atomic mass is 16.6. The Labute approximate surface area is 174 Å². The second-order valence-electron chi connectivity index (χ2n) is 6.80. The van der Waals surface area contributed by atoms with Gasteiger partial charge in [-0.2, -0.15) is 0 Å². The van der Waals surface area contributed by atoms with Crippen molar-refractivity contribution < 1.29 is 19.1 Å². The van der Waals surface area contributed by atoms with E-state index in [1.165, 1.54) is 0 Å². The molecule has 0 amide bonds. The summed E-state index contributed by atoms with van der Waals surface area (Å²) in [4.78, 5) is 25.5. The van der Waals surface area contributed by atoms with Gasteiger partial charge in [0, 0.05) is 17.1 Å². The van der Waals surface area contributed by atoms with E-state index in [1.807, 2.05) is 0 Å². The minimum absolute atomic E-state index is 0.00975. The highest BCUT2D eigenvalue weighted by Crippen LogP contribution is 2.22. The molecule has 3 rings (SSSR count). The number of nitrogen functional groups attached to an aromatic ring is 3. The van der Waals surface area contributed by atoms with E-state index >= 15 is 0 Å². The zero-order chi connectivity index (χ0) is 21.5. The highest BCUT2D eigenvalue weighted by molar-refractivity contribution is 6.00. The summed E-state index contributed by atoms with van der Waals surface area (Å²) < 4.78 is 10.8. The van der Waals surface area contributed by atoms with Crippen molar-refractivity contribution >= 4 is 29.0 Å². The fraction of sp³-hybridized carbons (Fsp3) is 0.130. The fourth-order valence-electron chi connectivity index (χ4n) is 2.76. The molecule has 3 aromatic rings. The average Bonchev–Trinajstić information content (AvgIpc) is 2.74. The molecule has 0 saturated heterocycles. The molecule has 0 fully saturated rings. The van der Waals surface area contributed by atoms with Crippen LogP contribution in [0.25, 0.3) is 0 Å². The topological polar surface area (TPSA) is 131 Å². The van der Waals surface area contributed by atoms with Crippen molar-refractivity contribution in [3.8, 4) is 0 Å². The van der Waals surface area contributed by atoms with Gasteiger partial charge in [-0.1, -0.05) is 36.4 Å². The van der Waals surface area contributed by atoms with Gasteiger partial charge in [-0.05, 0) is 53.1 Å². The molecule has 7 heteroatoms. The molecule has 0 aliphatic heterocycles. The van der Waals surface area contributed by atoms with Crippen molar-refractivity contribution in [3.63, 3.8) is 0 Å². The highest BCUT2D eigenvalue weighted by Gasteiger charge is 2.32. The van der Waals surface area contributed by atoms with Gasteiger partial charge in [0.1, 0.15) is 13.2 Å². The first-order valence-electron chi connectivity index (χ1n) is 9.30. The van der Waals surface area contributed by atoms with Crippen molar-refractivity contribution in [2.24, 2.45) is 0 Å². The third kappa shape index (κ3) is 5.51. The summed E-state index contributed by atoms with van der Waals surface area (Å²) in [5.74, 6) is -2.65. The van der Waals surface area contributed by atoms with Gasteiger partial charge in [-0.3, -0.25) is 9.59 Å². The van der Waals surface area contributed by atoms with E-state index in [0.717, 1.165) is 11.1 Å². The number of nitrogens with two attached hydrogens (primary N) is 3. The van der Waals surface area contributed by atoms with Gasteiger partial charge in [0.2, 0.25) is 0 Å². The first-order valence-corrected chi connectivity index (χ1v) is 9.30. The zero-order valence-corrected chi connectivity index (χ0v) is 16.3. The summed E-state index contributed by atoms with van der Waals surface area (Å²) >= 11 is 0. The molecule has 0 aromatic heterocycles. The number of hydrogen-bond acceptors (Lipinski definition) is 7.